The lowest BCUT2D eigenvalue weighted by molar-refractivity contribution is 0.0140. The number of hydrogen-bond acceptors (Lipinski definition) is 2. The summed E-state index contributed by atoms with van der Waals surface area (Å²) < 4.78 is 11.0. The van der Waals surface area contributed by atoms with E-state index in [1.54, 1.807) is 12.7 Å². The Labute approximate surface area is 275 Å². The zero-order chi connectivity index (χ0) is 33.4. The van der Waals surface area contributed by atoms with Crippen molar-refractivity contribution in [1.29, 1.82) is 0 Å². The first-order chi connectivity index (χ1) is 20.7. The summed E-state index contributed by atoms with van der Waals surface area (Å²) in [5.41, 5.74) is 3.93. The average molecular weight is 609 g/mol. The highest BCUT2D eigenvalue weighted by Crippen LogP contribution is 2.22. The number of rotatable bonds is 24. The molecule has 252 valence electrons. The third-order valence-electron chi connectivity index (χ3n) is 8.72. The van der Waals surface area contributed by atoms with Crippen LogP contribution in [0.2, 0.25) is 0 Å². The van der Waals surface area contributed by atoms with Crippen molar-refractivity contribution < 1.29 is 9.47 Å². The van der Waals surface area contributed by atoms with Gasteiger partial charge in [0.1, 0.15) is 0 Å². The lowest BCUT2D eigenvalue weighted by Gasteiger charge is -2.22. The average Bonchev–Trinajstić information content (AvgIpc) is 2.95. The van der Waals surface area contributed by atoms with Gasteiger partial charge in [0, 0.05) is 14.2 Å². The van der Waals surface area contributed by atoms with Gasteiger partial charge >= 0.3 is 0 Å². The number of methoxy groups -OCH3 is 2. The Kier molecular flexibility index (Phi) is 23.3. The normalized spacial score (nSPS) is 16.7. The molecule has 44 heavy (non-hydrogen) atoms. The van der Waals surface area contributed by atoms with Gasteiger partial charge in [-0.3, -0.25) is 0 Å². The molecular weight excluding hydrogens is 536 g/mol. The molecule has 0 saturated heterocycles. The molecule has 3 unspecified atom stereocenters. The van der Waals surface area contributed by atoms with Gasteiger partial charge in [0.2, 0.25) is 0 Å². The van der Waals surface area contributed by atoms with E-state index >= 15 is 0 Å². The predicted octanol–water partition coefficient (Wildman–Crippen LogP) is 13.1. The molecule has 0 bridgehead atoms. The Morgan fingerprint density at radius 2 is 1.30 bits per heavy atom. The van der Waals surface area contributed by atoms with Gasteiger partial charge in [-0.1, -0.05) is 124 Å². The Morgan fingerprint density at radius 1 is 0.682 bits per heavy atom. The summed E-state index contributed by atoms with van der Waals surface area (Å²) in [7, 11) is 3.58. The Morgan fingerprint density at radius 3 is 1.98 bits per heavy atom. The fourth-order valence-corrected chi connectivity index (χ4v) is 4.88. The molecule has 0 aliphatic heterocycles. The van der Waals surface area contributed by atoms with E-state index in [9.17, 15) is 0 Å². The van der Waals surface area contributed by atoms with E-state index in [0.29, 0.717) is 5.92 Å². The highest BCUT2D eigenvalue weighted by atomic mass is 16.5. The SMILES string of the molecule is COC(C)(C)C/C=C/C(C)=C/C=C/C(C)=C/C=C/C(C)C/C=C/CC(C)CCCC(C)CC/C=C(\C)CCCC(C)(C)OC. The van der Waals surface area contributed by atoms with Gasteiger partial charge in [-0.2, -0.15) is 0 Å². The number of hydrogen-bond donors (Lipinski definition) is 0. The molecule has 0 N–H and O–H groups in total. The van der Waals surface area contributed by atoms with E-state index in [2.05, 4.69) is 136 Å². The zero-order valence-electron chi connectivity index (χ0n) is 31.2. The summed E-state index contributed by atoms with van der Waals surface area (Å²) >= 11 is 0. The standard InChI is InChI=1S/C42H72O2/c1-35(23-15-25-37(3)27-17-29-39(5)31-19-33-41(7,8)43-11)21-13-14-22-36(2)24-16-26-38(4)28-18-30-40(6)32-20-34-42(9,10)44-12/h13-15,17,19,23,25,27,29-31,35-36,38H,16,18,20-22,24,26,28,32-34H2,1-12H3/b14-13+,23-15+,27-17+,31-19+,37-25+,39-29+,40-30+. The van der Waals surface area contributed by atoms with Gasteiger partial charge in [-0.15, -0.1) is 0 Å². The first-order valence-electron chi connectivity index (χ1n) is 17.5. The minimum Gasteiger partial charge on any atom is -0.379 e. The van der Waals surface area contributed by atoms with Crippen molar-refractivity contribution in [2.45, 2.75) is 151 Å². The van der Waals surface area contributed by atoms with Crippen LogP contribution in [0.3, 0.4) is 0 Å². The van der Waals surface area contributed by atoms with E-state index in [1.165, 1.54) is 62.5 Å². The molecule has 0 spiro atoms. The molecule has 3 atom stereocenters. The van der Waals surface area contributed by atoms with E-state index in [0.717, 1.165) is 31.1 Å². The van der Waals surface area contributed by atoms with Crippen molar-refractivity contribution >= 4 is 0 Å². The van der Waals surface area contributed by atoms with Crippen molar-refractivity contribution in [3.05, 3.63) is 83.6 Å². The summed E-state index contributed by atoms with van der Waals surface area (Å²) in [4.78, 5) is 0. The Hall–Kier alpha value is -1.90. The van der Waals surface area contributed by atoms with E-state index in [4.69, 9.17) is 9.47 Å². The molecule has 0 rings (SSSR count). The molecule has 0 amide bonds. The van der Waals surface area contributed by atoms with Crippen molar-refractivity contribution in [3.8, 4) is 0 Å². The second-order valence-electron chi connectivity index (χ2n) is 14.6. The summed E-state index contributed by atoms with van der Waals surface area (Å²) in [6, 6.07) is 0. The first kappa shape index (κ1) is 42.1. The van der Waals surface area contributed by atoms with Crippen LogP contribution in [0.4, 0.5) is 0 Å². The highest BCUT2D eigenvalue weighted by molar-refractivity contribution is 5.28. The van der Waals surface area contributed by atoms with Gasteiger partial charge in [0.05, 0.1) is 11.2 Å². The molecule has 0 aliphatic carbocycles. The van der Waals surface area contributed by atoms with Gasteiger partial charge < -0.3 is 9.47 Å². The van der Waals surface area contributed by atoms with E-state index < -0.39 is 0 Å². The van der Waals surface area contributed by atoms with Crippen LogP contribution in [0.25, 0.3) is 0 Å². The van der Waals surface area contributed by atoms with Crippen molar-refractivity contribution in [1.82, 2.24) is 0 Å². The summed E-state index contributed by atoms with van der Waals surface area (Å²) in [5, 5.41) is 0. The van der Waals surface area contributed by atoms with E-state index in [1.807, 2.05) is 7.11 Å². The lowest BCUT2D eigenvalue weighted by Crippen LogP contribution is -2.21. The maximum atomic E-state index is 5.54. The monoisotopic (exact) mass is 609 g/mol. The molecular formula is C42H72O2. The summed E-state index contributed by atoms with van der Waals surface area (Å²) in [5.74, 6) is 2.14. The highest BCUT2D eigenvalue weighted by Gasteiger charge is 2.15. The minimum atomic E-state index is -0.108. The molecule has 0 fully saturated rings. The Balaban J connectivity index is 4.19. The zero-order valence-corrected chi connectivity index (χ0v) is 31.2. The molecule has 2 nitrogen and oxygen atoms in total. The van der Waals surface area contributed by atoms with Gasteiger partial charge in [0.25, 0.3) is 0 Å². The van der Waals surface area contributed by atoms with Crippen LogP contribution in [0.15, 0.2) is 83.6 Å². The fourth-order valence-electron chi connectivity index (χ4n) is 4.88. The van der Waals surface area contributed by atoms with Crippen LogP contribution in [0.1, 0.15) is 140 Å². The molecule has 0 aromatic rings. The molecule has 0 aromatic carbocycles. The lowest BCUT2D eigenvalue weighted by atomic mass is 9.93. The second kappa shape index (κ2) is 24.3. The maximum Gasteiger partial charge on any atom is 0.0657 e. The second-order valence-corrected chi connectivity index (χ2v) is 14.6. The topological polar surface area (TPSA) is 18.5 Å². The molecule has 2 heteroatoms. The van der Waals surface area contributed by atoms with Crippen LogP contribution in [-0.4, -0.2) is 25.4 Å². The van der Waals surface area contributed by atoms with Crippen LogP contribution >= 0.6 is 0 Å². The molecule has 0 radical (unpaired) electrons. The summed E-state index contributed by atoms with van der Waals surface area (Å²) in [6.45, 7) is 22.3. The molecule has 0 heterocycles. The summed E-state index contributed by atoms with van der Waals surface area (Å²) in [6.07, 6.45) is 38.1. The predicted molar refractivity (Wildman–Crippen MR) is 198 cm³/mol. The minimum absolute atomic E-state index is 0.00562. The number of allylic oxidation sites excluding steroid dienone is 13. The quantitative estimate of drug-likeness (QED) is 0.0801. The van der Waals surface area contributed by atoms with Gasteiger partial charge in [-0.25, -0.2) is 0 Å². The van der Waals surface area contributed by atoms with Crippen LogP contribution in [-0.2, 0) is 9.47 Å². The Bertz CT molecular complexity index is 950. The van der Waals surface area contributed by atoms with Gasteiger partial charge in [-0.05, 0) is 118 Å². The van der Waals surface area contributed by atoms with Crippen molar-refractivity contribution in [2.24, 2.45) is 17.8 Å². The fraction of sp³-hybridized carbons (Fsp3) is 0.667. The molecule has 0 aromatic heterocycles. The largest absolute Gasteiger partial charge is 0.379 e. The molecule has 0 aliphatic rings. The van der Waals surface area contributed by atoms with Crippen molar-refractivity contribution in [2.75, 3.05) is 14.2 Å². The third-order valence-corrected chi connectivity index (χ3v) is 8.72. The third kappa shape index (κ3) is 25.4. The van der Waals surface area contributed by atoms with Crippen LogP contribution < -0.4 is 0 Å². The van der Waals surface area contributed by atoms with Crippen LogP contribution in [0, 0.1) is 17.8 Å². The smallest absolute Gasteiger partial charge is 0.0657 e. The molecule has 0 saturated carbocycles. The van der Waals surface area contributed by atoms with Crippen molar-refractivity contribution in [3.63, 3.8) is 0 Å². The van der Waals surface area contributed by atoms with E-state index in [-0.39, 0.29) is 11.2 Å². The van der Waals surface area contributed by atoms with Crippen LogP contribution in [0.5, 0.6) is 0 Å². The number of ether oxygens (including phenoxy) is 2. The first-order valence-corrected chi connectivity index (χ1v) is 17.5. The maximum absolute atomic E-state index is 5.54. The van der Waals surface area contributed by atoms with Gasteiger partial charge in [0.15, 0.2) is 0 Å².